The Morgan fingerprint density at radius 3 is 2.41 bits per heavy atom. The van der Waals surface area contributed by atoms with Crippen LogP contribution in [0, 0.1) is 11.8 Å². The lowest BCUT2D eigenvalue weighted by molar-refractivity contribution is 0.230. The average molecular weight is 425 g/mol. The van der Waals surface area contributed by atoms with Crippen molar-refractivity contribution in [1.29, 1.82) is 0 Å². The van der Waals surface area contributed by atoms with Crippen molar-refractivity contribution in [2.45, 2.75) is 19.3 Å². The van der Waals surface area contributed by atoms with E-state index >= 15 is 0 Å². The molecule has 8 nitrogen and oxygen atoms in total. The Hall–Kier alpha value is -2.00. The number of methoxy groups -OCH3 is 1. The Morgan fingerprint density at radius 2 is 1.76 bits per heavy atom. The maximum absolute atomic E-state index is 12.1. The van der Waals surface area contributed by atoms with Gasteiger partial charge in [-0.25, -0.2) is 17.5 Å². The molecule has 0 spiro atoms. The largest absolute Gasteiger partial charge is 0.497 e. The average Bonchev–Trinajstić information content (AvgIpc) is 3.19. The predicted molar refractivity (Wildman–Crippen MR) is 114 cm³/mol. The molecule has 9 heteroatoms. The molecule has 3 rings (SSSR count). The summed E-state index contributed by atoms with van der Waals surface area (Å²) in [5.41, 5.74) is 1.15. The Kier molecular flexibility index (Phi) is 7.23. The monoisotopic (exact) mass is 424 g/mol. The zero-order chi connectivity index (χ0) is 20.9. The van der Waals surface area contributed by atoms with E-state index in [1.807, 2.05) is 18.2 Å². The molecule has 0 saturated carbocycles. The molecule has 162 valence electrons. The number of anilines is 1. The van der Waals surface area contributed by atoms with Gasteiger partial charge in [0, 0.05) is 51.0 Å². The minimum Gasteiger partial charge on any atom is -0.497 e. The number of sulfonamides is 1. The molecule has 2 N–H and O–H groups in total. The van der Waals surface area contributed by atoms with Crippen LogP contribution in [-0.2, 0) is 10.0 Å². The molecule has 0 aromatic heterocycles. The van der Waals surface area contributed by atoms with Crippen molar-refractivity contribution < 1.29 is 17.9 Å². The van der Waals surface area contributed by atoms with E-state index in [4.69, 9.17) is 4.74 Å². The van der Waals surface area contributed by atoms with Gasteiger partial charge in [-0.15, -0.1) is 0 Å². The molecule has 2 heterocycles. The standard InChI is InChI=1S/C20H32N4O4S/c1-28-19-5-3-4-18(12-19)23-9-6-17(15-23)14-22-20(25)21-13-16-7-10-24(11-8-16)29(2,26)27/h3-5,12,16-17H,6-11,13-15H2,1-2H3,(H2,21,22,25). The fraction of sp³-hybridized carbons (Fsp3) is 0.650. The van der Waals surface area contributed by atoms with Gasteiger partial charge in [0.05, 0.1) is 13.4 Å². The topological polar surface area (TPSA) is 91.0 Å². The number of piperidine rings is 1. The molecule has 2 saturated heterocycles. The van der Waals surface area contributed by atoms with Gasteiger partial charge in [-0.2, -0.15) is 0 Å². The van der Waals surface area contributed by atoms with Crippen molar-refractivity contribution in [3.8, 4) is 5.75 Å². The molecule has 1 atom stereocenters. The van der Waals surface area contributed by atoms with Crippen LogP contribution >= 0.6 is 0 Å². The third-order valence-corrected chi connectivity index (χ3v) is 7.15. The van der Waals surface area contributed by atoms with Crippen LogP contribution in [0.1, 0.15) is 19.3 Å². The van der Waals surface area contributed by atoms with Crippen LogP contribution in [-0.4, -0.2) is 71.4 Å². The van der Waals surface area contributed by atoms with Crippen LogP contribution in [0.25, 0.3) is 0 Å². The van der Waals surface area contributed by atoms with Gasteiger partial charge >= 0.3 is 6.03 Å². The van der Waals surface area contributed by atoms with E-state index in [1.54, 1.807) is 7.11 Å². The van der Waals surface area contributed by atoms with Crippen LogP contribution in [0.4, 0.5) is 10.5 Å². The number of nitrogens with one attached hydrogen (secondary N) is 2. The van der Waals surface area contributed by atoms with Crippen LogP contribution < -0.4 is 20.3 Å². The van der Waals surface area contributed by atoms with E-state index in [1.165, 1.54) is 10.6 Å². The Morgan fingerprint density at radius 1 is 1.10 bits per heavy atom. The molecular formula is C20H32N4O4S. The Bertz CT molecular complexity index is 793. The van der Waals surface area contributed by atoms with E-state index in [0.29, 0.717) is 38.0 Å². The highest BCUT2D eigenvalue weighted by atomic mass is 32.2. The van der Waals surface area contributed by atoms with E-state index in [0.717, 1.165) is 43.8 Å². The van der Waals surface area contributed by atoms with Crippen molar-refractivity contribution in [2.24, 2.45) is 11.8 Å². The molecule has 1 aromatic carbocycles. The summed E-state index contributed by atoms with van der Waals surface area (Å²) in [7, 11) is -1.43. The molecule has 1 unspecified atom stereocenters. The van der Waals surface area contributed by atoms with Gasteiger partial charge in [0.25, 0.3) is 0 Å². The molecule has 0 aliphatic carbocycles. The van der Waals surface area contributed by atoms with Gasteiger partial charge in [0.15, 0.2) is 0 Å². The molecule has 2 aliphatic heterocycles. The number of carbonyl (C=O) groups excluding carboxylic acids is 1. The van der Waals surface area contributed by atoms with Gasteiger partial charge in [-0.3, -0.25) is 0 Å². The third-order valence-electron chi connectivity index (χ3n) is 5.85. The van der Waals surface area contributed by atoms with Crippen molar-refractivity contribution >= 4 is 21.7 Å². The second-order valence-electron chi connectivity index (χ2n) is 8.00. The molecule has 2 aliphatic rings. The first kappa shape index (κ1) is 21.7. The summed E-state index contributed by atoms with van der Waals surface area (Å²) >= 11 is 0. The lowest BCUT2D eigenvalue weighted by Gasteiger charge is -2.30. The molecule has 2 amide bonds. The first-order chi connectivity index (χ1) is 13.8. The highest BCUT2D eigenvalue weighted by Gasteiger charge is 2.26. The molecule has 0 radical (unpaired) electrons. The summed E-state index contributed by atoms with van der Waals surface area (Å²) in [5, 5.41) is 5.92. The molecular weight excluding hydrogens is 392 g/mol. The number of nitrogens with zero attached hydrogens (tertiary/aromatic N) is 2. The molecule has 29 heavy (non-hydrogen) atoms. The minimum absolute atomic E-state index is 0.143. The van der Waals surface area contributed by atoms with Gasteiger partial charge in [0.1, 0.15) is 5.75 Å². The number of ether oxygens (including phenoxy) is 1. The van der Waals surface area contributed by atoms with Crippen molar-refractivity contribution in [3.05, 3.63) is 24.3 Å². The van der Waals surface area contributed by atoms with E-state index in [9.17, 15) is 13.2 Å². The number of carbonyl (C=O) groups is 1. The highest BCUT2D eigenvalue weighted by molar-refractivity contribution is 7.88. The SMILES string of the molecule is COc1cccc(N2CCC(CNC(=O)NCC3CCN(S(C)(=O)=O)CC3)C2)c1. The van der Waals surface area contributed by atoms with E-state index in [2.05, 4.69) is 21.6 Å². The molecule has 2 fully saturated rings. The second-order valence-corrected chi connectivity index (χ2v) is 9.98. The first-order valence-corrected chi connectivity index (χ1v) is 12.1. The predicted octanol–water partition coefficient (Wildman–Crippen LogP) is 1.49. The van der Waals surface area contributed by atoms with Gasteiger partial charge in [0.2, 0.25) is 10.0 Å². The number of hydrogen-bond acceptors (Lipinski definition) is 5. The second kappa shape index (κ2) is 9.67. The van der Waals surface area contributed by atoms with Crippen molar-refractivity contribution in [3.63, 3.8) is 0 Å². The van der Waals surface area contributed by atoms with Crippen molar-refractivity contribution in [2.75, 3.05) is 57.5 Å². The summed E-state index contributed by atoms with van der Waals surface area (Å²) in [5.74, 6) is 1.60. The maximum atomic E-state index is 12.1. The lowest BCUT2D eigenvalue weighted by Crippen LogP contribution is -2.44. The number of amides is 2. The van der Waals surface area contributed by atoms with Crippen LogP contribution in [0.15, 0.2) is 24.3 Å². The molecule has 1 aromatic rings. The molecule has 0 bridgehead atoms. The fourth-order valence-electron chi connectivity index (χ4n) is 4.02. The zero-order valence-electron chi connectivity index (χ0n) is 17.3. The first-order valence-electron chi connectivity index (χ1n) is 10.2. The number of rotatable bonds is 7. The quantitative estimate of drug-likeness (QED) is 0.692. The van der Waals surface area contributed by atoms with E-state index in [-0.39, 0.29) is 6.03 Å². The normalized spacial score (nSPS) is 21.2. The van der Waals surface area contributed by atoms with Crippen molar-refractivity contribution in [1.82, 2.24) is 14.9 Å². The number of hydrogen-bond donors (Lipinski definition) is 2. The summed E-state index contributed by atoms with van der Waals surface area (Å²) < 4.78 is 29.9. The van der Waals surface area contributed by atoms with Crippen LogP contribution in [0.2, 0.25) is 0 Å². The minimum atomic E-state index is -3.10. The Balaban J connectivity index is 1.34. The highest BCUT2D eigenvalue weighted by Crippen LogP contribution is 2.26. The fourth-order valence-corrected chi connectivity index (χ4v) is 4.90. The van der Waals surface area contributed by atoms with E-state index < -0.39 is 10.0 Å². The summed E-state index contributed by atoms with van der Waals surface area (Å²) in [6.07, 6.45) is 3.86. The zero-order valence-corrected chi connectivity index (χ0v) is 18.1. The number of urea groups is 1. The smallest absolute Gasteiger partial charge is 0.314 e. The van der Waals surface area contributed by atoms with Gasteiger partial charge < -0.3 is 20.3 Å². The third kappa shape index (κ3) is 6.24. The van der Waals surface area contributed by atoms with Crippen LogP contribution in [0.3, 0.4) is 0 Å². The lowest BCUT2D eigenvalue weighted by atomic mass is 9.98. The van der Waals surface area contributed by atoms with Gasteiger partial charge in [-0.05, 0) is 43.2 Å². The summed E-state index contributed by atoms with van der Waals surface area (Å²) in [6.45, 7) is 4.20. The Labute approximate surface area is 173 Å². The maximum Gasteiger partial charge on any atom is 0.314 e. The summed E-state index contributed by atoms with van der Waals surface area (Å²) in [4.78, 5) is 14.5. The van der Waals surface area contributed by atoms with Crippen LogP contribution in [0.5, 0.6) is 5.75 Å². The number of benzene rings is 1. The summed E-state index contributed by atoms with van der Waals surface area (Å²) in [6, 6.07) is 7.91. The van der Waals surface area contributed by atoms with Gasteiger partial charge in [-0.1, -0.05) is 6.07 Å².